The Morgan fingerprint density at radius 2 is 2.43 bits per heavy atom. The van der Waals surface area contributed by atoms with Crippen molar-refractivity contribution < 1.29 is 0 Å². The summed E-state index contributed by atoms with van der Waals surface area (Å²) in [6.45, 7) is 2.13. The molecule has 2 N–H and O–H groups in total. The topological polar surface area (TPSA) is 75.6 Å². The van der Waals surface area contributed by atoms with Gasteiger partial charge in [0.1, 0.15) is 23.3 Å². The first-order valence-electron chi connectivity index (χ1n) is 4.37. The molecule has 1 heterocycles. The van der Waals surface area contributed by atoms with Gasteiger partial charge in [-0.05, 0) is 12.2 Å². The fourth-order valence-corrected chi connectivity index (χ4v) is 1.65. The van der Waals surface area contributed by atoms with E-state index in [-0.39, 0.29) is 5.82 Å². The Labute approximate surface area is 87.6 Å². The van der Waals surface area contributed by atoms with Crippen LogP contribution >= 0.6 is 11.8 Å². The van der Waals surface area contributed by atoms with Gasteiger partial charge in [-0.1, -0.05) is 6.92 Å². The number of nitrogen functional groups attached to an aromatic ring is 1. The molecule has 0 saturated carbocycles. The highest BCUT2D eigenvalue weighted by atomic mass is 32.2. The van der Waals surface area contributed by atoms with Crippen molar-refractivity contribution in [1.82, 2.24) is 9.97 Å². The van der Waals surface area contributed by atoms with Crippen molar-refractivity contribution in [3.05, 3.63) is 17.6 Å². The largest absolute Gasteiger partial charge is 0.382 e. The molecule has 0 aliphatic carbocycles. The van der Waals surface area contributed by atoms with E-state index in [0.29, 0.717) is 11.4 Å². The molecule has 1 aromatic rings. The number of hydrogen-bond donors (Lipinski definition) is 1. The summed E-state index contributed by atoms with van der Waals surface area (Å²) in [5.41, 5.74) is 5.90. The van der Waals surface area contributed by atoms with E-state index in [2.05, 4.69) is 16.9 Å². The van der Waals surface area contributed by atoms with Gasteiger partial charge in [-0.2, -0.15) is 17.0 Å². The van der Waals surface area contributed by atoms with Crippen LogP contribution in [0.4, 0.5) is 5.82 Å². The van der Waals surface area contributed by atoms with E-state index in [4.69, 9.17) is 11.0 Å². The molecule has 0 atom stereocenters. The third kappa shape index (κ3) is 2.89. The highest BCUT2D eigenvalue weighted by molar-refractivity contribution is 7.98. The van der Waals surface area contributed by atoms with E-state index in [0.717, 1.165) is 17.9 Å². The molecule has 1 rings (SSSR count). The SMILES string of the molecule is CCCSCc1ncc(C#N)c(N)n1. The van der Waals surface area contributed by atoms with Gasteiger partial charge >= 0.3 is 0 Å². The Morgan fingerprint density at radius 1 is 1.64 bits per heavy atom. The van der Waals surface area contributed by atoms with E-state index in [1.54, 1.807) is 11.8 Å². The molecule has 0 spiro atoms. The molecule has 0 aliphatic rings. The zero-order valence-corrected chi connectivity index (χ0v) is 8.84. The molecule has 0 bridgehead atoms. The van der Waals surface area contributed by atoms with Crippen molar-refractivity contribution in [2.45, 2.75) is 19.1 Å². The Bertz CT molecular complexity index is 345. The van der Waals surface area contributed by atoms with E-state index < -0.39 is 0 Å². The minimum atomic E-state index is 0.273. The second-order valence-electron chi connectivity index (χ2n) is 2.75. The van der Waals surface area contributed by atoms with Gasteiger partial charge in [0.2, 0.25) is 0 Å². The van der Waals surface area contributed by atoms with Crippen molar-refractivity contribution in [3.63, 3.8) is 0 Å². The van der Waals surface area contributed by atoms with Crippen LogP contribution in [0.3, 0.4) is 0 Å². The molecule has 74 valence electrons. The van der Waals surface area contributed by atoms with Crippen LogP contribution < -0.4 is 5.73 Å². The maximum Gasteiger partial charge on any atom is 0.145 e. The van der Waals surface area contributed by atoms with Gasteiger partial charge in [-0.3, -0.25) is 0 Å². The van der Waals surface area contributed by atoms with Gasteiger partial charge in [-0.25, -0.2) is 9.97 Å². The zero-order valence-electron chi connectivity index (χ0n) is 8.03. The Hall–Kier alpha value is -1.28. The predicted molar refractivity (Wildman–Crippen MR) is 57.6 cm³/mol. The molecule has 1 aromatic heterocycles. The highest BCUT2D eigenvalue weighted by Crippen LogP contribution is 2.12. The van der Waals surface area contributed by atoms with E-state index >= 15 is 0 Å². The molecule has 0 aliphatic heterocycles. The standard InChI is InChI=1S/C9H12N4S/c1-2-3-14-6-8-12-5-7(4-10)9(11)13-8/h5H,2-3,6H2,1H3,(H2,11,12,13). The minimum Gasteiger partial charge on any atom is -0.382 e. The number of thioether (sulfide) groups is 1. The highest BCUT2D eigenvalue weighted by Gasteiger charge is 2.02. The van der Waals surface area contributed by atoms with Crippen LogP contribution in [0.15, 0.2) is 6.20 Å². The molecule has 5 heteroatoms. The van der Waals surface area contributed by atoms with Crippen LogP contribution in [0.5, 0.6) is 0 Å². The summed E-state index contributed by atoms with van der Waals surface area (Å²) in [5, 5.41) is 8.61. The van der Waals surface area contributed by atoms with Crippen LogP contribution in [0.1, 0.15) is 24.7 Å². The molecule has 0 fully saturated rings. The Kier molecular flexibility index (Phi) is 4.20. The summed E-state index contributed by atoms with van der Waals surface area (Å²) in [6.07, 6.45) is 2.61. The van der Waals surface area contributed by atoms with Crippen molar-refractivity contribution >= 4 is 17.6 Å². The molecule has 0 amide bonds. The zero-order chi connectivity index (χ0) is 10.4. The number of nitrogens with zero attached hydrogens (tertiary/aromatic N) is 3. The summed E-state index contributed by atoms with van der Waals surface area (Å²) in [5.74, 6) is 2.81. The van der Waals surface area contributed by atoms with Crippen LogP contribution in [-0.2, 0) is 5.75 Å². The first-order valence-corrected chi connectivity index (χ1v) is 5.52. The second kappa shape index (κ2) is 5.45. The monoisotopic (exact) mass is 208 g/mol. The molecular weight excluding hydrogens is 196 g/mol. The maximum absolute atomic E-state index is 8.61. The lowest BCUT2D eigenvalue weighted by Gasteiger charge is -2.00. The fraction of sp³-hybridized carbons (Fsp3) is 0.444. The number of nitrogens with two attached hydrogens (primary N) is 1. The average molecular weight is 208 g/mol. The van der Waals surface area contributed by atoms with E-state index in [9.17, 15) is 0 Å². The van der Waals surface area contributed by atoms with Gasteiger partial charge in [0.15, 0.2) is 0 Å². The van der Waals surface area contributed by atoms with Crippen molar-refractivity contribution in [2.75, 3.05) is 11.5 Å². The van der Waals surface area contributed by atoms with Crippen molar-refractivity contribution in [1.29, 1.82) is 5.26 Å². The minimum absolute atomic E-state index is 0.273. The lowest BCUT2D eigenvalue weighted by atomic mass is 10.3. The first-order chi connectivity index (χ1) is 6.77. The third-order valence-electron chi connectivity index (χ3n) is 1.57. The van der Waals surface area contributed by atoms with Crippen LogP contribution in [0, 0.1) is 11.3 Å². The summed E-state index contributed by atoms with van der Waals surface area (Å²) >= 11 is 1.77. The van der Waals surface area contributed by atoms with Gasteiger partial charge in [0.05, 0.1) is 11.9 Å². The smallest absolute Gasteiger partial charge is 0.145 e. The van der Waals surface area contributed by atoms with Crippen molar-refractivity contribution in [3.8, 4) is 6.07 Å². The summed E-state index contributed by atoms with van der Waals surface area (Å²) in [6, 6.07) is 1.93. The third-order valence-corrected chi connectivity index (χ3v) is 2.73. The number of rotatable bonds is 4. The molecule has 14 heavy (non-hydrogen) atoms. The van der Waals surface area contributed by atoms with Crippen LogP contribution in [0.2, 0.25) is 0 Å². The number of anilines is 1. The molecule has 4 nitrogen and oxygen atoms in total. The quantitative estimate of drug-likeness (QED) is 0.760. The van der Waals surface area contributed by atoms with Gasteiger partial charge < -0.3 is 5.73 Å². The van der Waals surface area contributed by atoms with Gasteiger partial charge in [0, 0.05) is 0 Å². The number of hydrogen-bond acceptors (Lipinski definition) is 5. The lowest BCUT2D eigenvalue weighted by molar-refractivity contribution is 1.03. The van der Waals surface area contributed by atoms with E-state index in [1.165, 1.54) is 6.20 Å². The Balaban J connectivity index is 2.63. The summed E-state index contributed by atoms with van der Waals surface area (Å²) in [4.78, 5) is 8.09. The van der Waals surface area contributed by atoms with Crippen LogP contribution in [-0.4, -0.2) is 15.7 Å². The molecule has 0 unspecified atom stereocenters. The predicted octanol–water partition coefficient (Wildman–Crippen LogP) is 1.57. The lowest BCUT2D eigenvalue weighted by Crippen LogP contribution is -2.01. The summed E-state index contributed by atoms with van der Waals surface area (Å²) < 4.78 is 0. The first kappa shape index (κ1) is 10.8. The maximum atomic E-state index is 8.61. The second-order valence-corrected chi connectivity index (χ2v) is 3.85. The fourth-order valence-electron chi connectivity index (χ4n) is 0.897. The molecular formula is C9H12N4S. The average Bonchev–Trinajstić information content (AvgIpc) is 2.18. The van der Waals surface area contributed by atoms with Gasteiger partial charge in [-0.15, -0.1) is 0 Å². The van der Waals surface area contributed by atoms with Crippen molar-refractivity contribution in [2.24, 2.45) is 0 Å². The molecule has 0 saturated heterocycles. The number of nitriles is 1. The van der Waals surface area contributed by atoms with Crippen LogP contribution in [0.25, 0.3) is 0 Å². The summed E-state index contributed by atoms with van der Waals surface area (Å²) in [7, 11) is 0. The number of aromatic nitrogens is 2. The molecule has 0 aromatic carbocycles. The van der Waals surface area contributed by atoms with Gasteiger partial charge in [0.25, 0.3) is 0 Å². The normalized spacial score (nSPS) is 9.71. The molecule has 0 radical (unpaired) electrons. The van der Waals surface area contributed by atoms with E-state index in [1.807, 2.05) is 6.07 Å². The Morgan fingerprint density at radius 3 is 3.00 bits per heavy atom.